The number of anilines is 1. The largest absolute Gasteiger partial charge is 0.379 e. The first-order valence-electron chi connectivity index (χ1n) is 8.55. The van der Waals surface area contributed by atoms with E-state index >= 15 is 0 Å². The summed E-state index contributed by atoms with van der Waals surface area (Å²) >= 11 is 0. The van der Waals surface area contributed by atoms with E-state index in [1.165, 1.54) is 16.4 Å². The lowest BCUT2D eigenvalue weighted by atomic mass is 10.1. The molecule has 0 saturated carbocycles. The molecule has 10 heteroatoms. The number of ether oxygens (including phenoxy) is 1. The molecule has 144 valence electrons. The average molecular weight is 384 g/mol. The fourth-order valence-corrected chi connectivity index (χ4v) is 4.14. The molecule has 0 aromatic heterocycles. The minimum absolute atomic E-state index is 0.157. The van der Waals surface area contributed by atoms with Crippen LogP contribution in [0.25, 0.3) is 0 Å². The fourth-order valence-electron chi connectivity index (χ4n) is 2.57. The molecule has 0 radical (unpaired) electrons. The number of hydrazone groups is 1. The topological polar surface area (TPSA) is 114 Å². The number of nitro benzene ring substituents is 1. The smallest absolute Gasteiger partial charge is 0.270 e. The molecule has 1 N–H and O–H groups in total. The van der Waals surface area contributed by atoms with Crippen molar-refractivity contribution < 1.29 is 18.1 Å². The fraction of sp³-hybridized carbons (Fsp3) is 0.562. The standard InChI is InChI=1S/C16H24N4O5S/c1-3-13(4-2)12-17-18-15-6-5-14(20(21)22)11-16(15)26(23,24)19-7-9-25-10-8-19/h5-6,11-13,18H,3-4,7-10H2,1-2H3/b17-12-. The molecule has 0 aliphatic carbocycles. The molecule has 1 aromatic rings. The summed E-state index contributed by atoms with van der Waals surface area (Å²) in [5.41, 5.74) is 2.66. The number of morpholine rings is 1. The van der Waals surface area contributed by atoms with Crippen LogP contribution in [-0.2, 0) is 14.8 Å². The number of sulfonamides is 1. The van der Waals surface area contributed by atoms with E-state index in [0.29, 0.717) is 13.2 Å². The molecule has 0 unspecified atom stereocenters. The summed E-state index contributed by atoms with van der Waals surface area (Å²) in [6, 6.07) is 3.70. The summed E-state index contributed by atoms with van der Waals surface area (Å²) in [4.78, 5) is 10.3. The van der Waals surface area contributed by atoms with Gasteiger partial charge in [0.2, 0.25) is 10.0 Å². The number of rotatable bonds is 8. The Labute approximate surface area is 153 Å². The Kier molecular flexibility index (Phi) is 7.06. The van der Waals surface area contributed by atoms with Gasteiger partial charge in [-0.2, -0.15) is 9.41 Å². The molecule has 1 aromatic carbocycles. The highest BCUT2D eigenvalue weighted by molar-refractivity contribution is 7.89. The molecule has 1 fully saturated rings. The normalized spacial score (nSPS) is 16.3. The van der Waals surface area contributed by atoms with Gasteiger partial charge in [0.25, 0.3) is 5.69 Å². The van der Waals surface area contributed by atoms with Crippen LogP contribution < -0.4 is 5.43 Å². The van der Waals surface area contributed by atoms with Gasteiger partial charge < -0.3 is 4.74 Å². The molecule has 2 rings (SSSR count). The van der Waals surface area contributed by atoms with Gasteiger partial charge in [0.15, 0.2) is 0 Å². The predicted molar refractivity (Wildman–Crippen MR) is 98.9 cm³/mol. The number of non-ortho nitro benzene ring substituents is 1. The number of nitrogens with one attached hydrogen (secondary N) is 1. The summed E-state index contributed by atoms with van der Waals surface area (Å²) in [6.45, 7) is 5.09. The Morgan fingerprint density at radius 1 is 1.35 bits per heavy atom. The summed E-state index contributed by atoms with van der Waals surface area (Å²) in [5.74, 6) is 0.278. The number of benzene rings is 1. The van der Waals surface area contributed by atoms with Crippen LogP contribution in [0.2, 0.25) is 0 Å². The van der Waals surface area contributed by atoms with E-state index in [1.54, 1.807) is 6.21 Å². The van der Waals surface area contributed by atoms with E-state index in [-0.39, 0.29) is 35.3 Å². The first-order chi connectivity index (χ1) is 12.4. The highest BCUT2D eigenvalue weighted by atomic mass is 32.2. The molecule has 0 atom stereocenters. The second kappa shape index (κ2) is 9.06. The minimum Gasteiger partial charge on any atom is -0.379 e. The van der Waals surface area contributed by atoms with Gasteiger partial charge in [-0.05, 0) is 24.8 Å². The molecule has 1 aliphatic rings. The third kappa shape index (κ3) is 4.77. The van der Waals surface area contributed by atoms with Crippen molar-refractivity contribution in [2.45, 2.75) is 31.6 Å². The predicted octanol–water partition coefficient (Wildman–Crippen LogP) is 2.45. The Morgan fingerprint density at radius 2 is 2.00 bits per heavy atom. The number of hydrogen-bond acceptors (Lipinski definition) is 7. The van der Waals surface area contributed by atoms with Crippen LogP contribution in [0, 0.1) is 16.0 Å². The average Bonchev–Trinajstić information content (AvgIpc) is 2.66. The van der Waals surface area contributed by atoms with E-state index in [2.05, 4.69) is 10.5 Å². The van der Waals surface area contributed by atoms with Crippen LogP contribution in [0.3, 0.4) is 0 Å². The zero-order valence-electron chi connectivity index (χ0n) is 14.9. The molecule has 0 bridgehead atoms. The first-order valence-corrected chi connectivity index (χ1v) is 9.99. The molecular formula is C16H24N4O5S. The summed E-state index contributed by atoms with van der Waals surface area (Å²) in [6.07, 6.45) is 3.56. The first kappa shape index (κ1) is 20.3. The lowest BCUT2D eigenvalue weighted by Crippen LogP contribution is -2.40. The summed E-state index contributed by atoms with van der Waals surface area (Å²) < 4.78 is 32.4. The van der Waals surface area contributed by atoms with Gasteiger partial charge in [0.1, 0.15) is 4.90 Å². The Balaban J connectivity index is 2.37. The van der Waals surface area contributed by atoms with Crippen molar-refractivity contribution in [2.75, 3.05) is 31.7 Å². The van der Waals surface area contributed by atoms with Crippen molar-refractivity contribution >= 4 is 27.6 Å². The van der Waals surface area contributed by atoms with Crippen LogP contribution in [-0.4, -0.2) is 50.2 Å². The maximum absolute atomic E-state index is 12.9. The summed E-state index contributed by atoms with van der Waals surface area (Å²) in [5, 5.41) is 15.2. The van der Waals surface area contributed by atoms with Gasteiger partial charge >= 0.3 is 0 Å². The maximum atomic E-state index is 12.9. The number of nitro groups is 1. The lowest BCUT2D eigenvalue weighted by Gasteiger charge is -2.26. The maximum Gasteiger partial charge on any atom is 0.270 e. The summed E-state index contributed by atoms with van der Waals surface area (Å²) in [7, 11) is -3.90. The van der Waals surface area contributed by atoms with Gasteiger partial charge in [0, 0.05) is 31.4 Å². The van der Waals surface area contributed by atoms with Gasteiger partial charge in [-0.3, -0.25) is 15.5 Å². The van der Waals surface area contributed by atoms with Crippen LogP contribution in [0.5, 0.6) is 0 Å². The number of hydrogen-bond donors (Lipinski definition) is 1. The van der Waals surface area contributed by atoms with Crippen LogP contribution in [0.1, 0.15) is 26.7 Å². The minimum atomic E-state index is -3.90. The van der Waals surface area contributed by atoms with Gasteiger partial charge in [-0.25, -0.2) is 8.42 Å². The van der Waals surface area contributed by atoms with Crippen LogP contribution >= 0.6 is 0 Å². The molecule has 9 nitrogen and oxygen atoms in total. The van der Waals surface area contributed by atoms with Crippen molar-refractivity contribution in [1.29, 1.82) is 0 Å². The van der Waals surface area contributed by atoms with Crippen molar-refractivity contribution in [3.63, 3.8) is 0 Å². The molecule has 1 saturated heterocycles. The Morgan fingerprint density at radius 3 is 2.58 bits per heavy atom. The van der Waals surface area contributed by atoms with Crippen LogP contribution in [0.4, 0.5) is 11.4 Å². The zero-order chi connectivity index (χ0) is 19.2. The quantitative estimate of drug-likeness (QED) is 0.418. The van der Waals surface area contributed by atoms with E-state index in [0.717, 1.165) is 18.9 Å². The van der Waals surface area contributed by atoms with Crippen molar-refractivity contribution in [1.82, 2.24) is 4.31 Å². The molecule has 1 heterocycles. The monoisotopic (exact) mass is 384 g/mol. The Hall–Kier alpha value is -2.04. The van der Waals surface area contributed by atoms with Crippen molar-refractivity contribution in [2.24, 2.45) is 11.0 Å². The van der Waals surface area contributed by atoms with E-state index < -0.39 is 14.9 Å². The number of nitrogens with zero attached hydrogens (tertiary/aromatic N) is 3. The zero-order valence-corrected chi connectivity index (χ0v) is 15.7. The Bertz CT molecular complexity index is 756. The van der Waals surface area contributed by atoms with Gasteiger partial charge in [0.05, 0.1) is 23.8 Å². The second-order valence-corrected chi connectivity index (χ2v) is 7.83. The highest BCUT2D eigenvalue weighted by Crippen LogP contribution is 2.29. The molecular weight excluding hydrogens is 360 g/mol. The molecule has 0 amide bonds. The molecule has 1 aliphatic heterocycles. The highest BCUT2D eigenvalue weighted by Gasteiger charge is 2.30. The van der Waals surface area contributed by atoms with Gasteiger partial charge in [-0.15, -0.1) is 0 Å². The third-order valence-electron chi connectivity index (χ3n) is 4.28. The lowest BCUT2D eigenvalue weighted by molar-refractivity contribution is -0.385. The molecule has 26 heavy (non-hydrogen) atoms. The second-order valence-electron chi connectivity index (χ2n) is 5.92. The van der Waals surface area contributed by atoms with Crippen LogP contribution in [0.15, 0.2) is 28.2 Å². The van der Waals surface area contributed by atoms with Crippen molar-refractivity contribution in [3.05, 3.63) is 28.3 Å². The third-order valence-corrected chi connectivity index (χ3v) is 6.22. The van der Waals surface area contributed by atoms with Crippen molar-refractivity contribution in [3.8, 4) is 0 Å². The van der Waals surface area contributed by atoms with Gasteiger partial charge in [-0.1, -0.05) is 13.8 Å². The molecule has 0 spiro atoms. The van der Waals surface area contributed by atoms with E-state index in [4.69, 9.17) is 4.74 Å². The van der Waals surface area contributed by atoms with E-state index in [9.17, 15) is 18.5 Å². The SMILES string of the molecule is CCC(/C=N\Nc1ccc([N+](=O)[O-])cc1S(=O)(=O)N1CCOCC1)CC. The van der Waals surface area contributed by atoms with E-state index in [1.807, 2.05) is 13.8 Å².